The van der Waals surface area contributed by atoms with Crippen LogP contribution in [0.15, 0.2) is 59.2 Å². The summed E-state index contributed by atoms with van der Waals surface area (Å²) in [5.41, 5.74) is 1.09. The van der Waals surface area contributed by atoms with E-state index in [1.54, 1.807) is 13.4 Å². The number of ether oxygens (including phenoxy) is 1. The maximum absolute atomic E-state index is 5.39. The predicted molar refractivity (Wildman–Crippen MR) is 68.2 cm³/mol. The third kappa shape index (κ3) is 1.78. The number of methoxy groups -OCH3 is 1. The van der Waals surface area contributed by atoms with Gasteiger partial charge in [0.05, 0.1) is 13.4 Å². The Morgan fingerprint density at radius 2 is 1.76 bits per heavy atom. The van der Waals surface area contributed by atoms with Gasteiger partial charge in [-0.25, -0.2) is 0 Å². The van der Waals surface area contributed by atoms with Gasteiger partial charge in [-0.3, -0.25) is 0 Å². The van der Waals surface area contributed by atoms with Crippen LogP contribution in [0.3, 0.4) is 0 Å². The second kappa shape index (κ2) is 3.98. The lowest BCUT2D eigenvalue weighted by molar-refractivity contribution is 0.415. The van der Waals surface area contributed by atoms with Crippen molar-refractivity contribution in [1.82, 2.24) is 0 Å². The highest BCUT2D eigenvalue weighted by Crippen LogP contribution is 2.27. The molecular formula is C15H12O2. The summed E-state index contributed by atoms with van der Waals surface area (Å²) in [5.74, 6) is 1.77. The molecule has 0 aliphatic rings. The molecule has 2 heteroatoms. The summed E-state index contributed by atoms with van der Waals surface area (Å²) in [4.78, 5) is 0. The quantitative estimate of drug-likeness (QED) is 0.653. The van der Waals surface area contributed by atoms with Crippen LogP contribution >= 0.6 is 0 Å². The molecule has 2 nitrogen and oxygen atoms in total. The van der Waals surface area contributed by atoms with Crippen molar-refractivity contribution in [3.8, 4) is 17.1 Å². The average Bonchev–Trinajstić information content (AvgIpc) is 2.91. The normalized spacial score (nSPS) is 10.6. The van der Waals surface area contributed by atoms with Crippen molar-refractivity contribution in [1.29, 1.82) is 0 Å². The van der Waals surface area contributed by atoms with E-state index >= 15 is 0 Å². The van der Waals surface area contributed by atoms with Crippen LogP contribution in [0.25, 0.3) is 22.1 Å². The first-order valence-electron chi connectivity index (χ1n) is 5.48. The molecule has 1 aromatic heterocycles. The number of hydrogen-bond acceptors (Lipinski definition) is 2. The van der Waals surface area contributed by atoms with E-state index in [1.165, 1.54) is 10.8 Å². The topological polar surface area (TPSA) is 22.4 Å². The molecule has 0 unspecified atom stereocenters. The van der Waals surface area contributed by atoms with Gasteiger partial charge in [0, 0.05) is 5.56 Å². The molecule has 2 aromatic carbocycles. The van der Waals surface area contributed by atoms with Crippen molar-refractivity contribution in [3.05, 3.63) is 54.8 Å². The van der Waals surface area contributed by atoms with E-state index in [2.05, 4.69) is 24.3 Å². The van der Waals surface area contributed by atoms with Crippen molar-refractivity contribution in [3.63, 3.8) is 0 Å². The second-order valence-corrected chi connectivity index (χ2v) is 3.91. The summed E-state index contributed by atoms with van der Waals surface area (Å²) < 4.78 is 10.6. The van der Waals surface area contributed by atoms with E-state index in [9.17, 15) is 0 Å². The number of hydrogen-bond donors (Lipinski definition) is 0. The summed E-state index contributed by atoms with van der Waals surface area (Å²) in [6.07, 6.45) is 1.69. The molecular weight excluding hydrogens is 212 g/mol. The molecule has 0 N–H and O–H groups in total. The molecule has 3 rings (SSSR count). The predicted octanol–water partition coefficient (Wildman–Crippen LogP) is 4.11. The SMILES string of the molecule is COc1ccc2cc(-c3ccco3)ccc2c1. The molecule has 0 aliphatic carbocycles. The van der Waals surface area contributed by atoms with Gasteiger partial charge in [-0.2, -0.15) is 0 Å². The Bertz CT molecular complexity index is 639. The molecule has 0 spiro atoms. The number of benzene rings is 2. The highest BCUT2D eigenvalue weighted by atomic mass is 16.5. The Balaban J connectivity index is 2.14. The van der Waals surface area contributed by atoms with Gasteiger partial charge >= 0.3 is 0 Å². The Morgan fingerprint density at radius 1 is 0.941 bits per heavy atom. The van der Waals surface area contributed by atoms with Gasteiger partial charge < -0.3 is 9.15 Å². The van der Waals surface area contributed by atoms with Crippen molar-refractivity contribution >= 4 is 10.8 Å². The summed E-state index contributed by atoms with van der Waals surface area (Å²) >= 11 is 0. The van der Waals surface area contributed by atoms with E-state index in [0.29, 0.717) is 0 Å². The Morgan fingerprint density at radius 3 is 2.53 bits per heavy atom. The zero-order chi connectivity index (χ0) is 11.7. The third-order valence-corrected chi connectivity index (χ3v) is 2.85. The Labute approximate surface area is 99.4 Å². The first kappa shape index (κ1) is 9.97. The smallest absolute Gasteiger partial charge is 0.133 e. The minimum Gasteiger partial charge on any atom is -0.497 e. The first-order valence-corrected chi connectivity index (χ1v) is 5.48. The molecule has 17 heavy (non-hydrogen) atoms. The first-order chi connectivity index (χ1) is 8.36. The standard InChI is InChI=1S/C15H12O2/c1-16-14-7-6-11-9-13(5-4-12(11)10-14)15-3-2-8-17-15/h2-10H,1H3. The van der Waals surface area contributed by atoms with Gasteiger partial charge in [0.1, 0.15) is 11.5 Å². The molecule has 84 valence electrons. The van der Waals surface area contributed by atoms with Crippen LogP contribution < -0.4 is 4.74 Å². The molecule has 0 amide bonds. The molecule has 3 aromatic rings. The van der Waals surface area contributed by atoms with Gasteiger partial charge in [0.25, 0.3) is 0 Å². The van der Waals surface area contributed by atoms with Gasteiger partial charge in [-0.05, 0) is 41.1 Å². The highest BCUT2D eigenvalue weighted by Gasteiger charge is 2.02. The molecule has 0 radical (unpaired) electrons. The fourth-order valence-corrected chi connectivity index (χ4v) is 1.95. The van der Waals surface area contributed by atoms with Gasteiger partial charge in [-0.15, -0.1) is 0 Å². The summed E-state index contributed by atoms with van der Waals surface area (Å²) in [6.45, 7) is 0. The molecule has 0 saturated carbocycles. The fourth-order valence-electron chi connectivity index (χ4n) is 1.95. The highest BCUT2D eigenvalue weighted by molar-refractivity contribution is 5.87. The molecule has 0 bridgehead atoms. The van der Waals surface area contributed by atoms with E-state index < -0.39 is 0 Å². The third-order valence-electron chi connectivity index (χ3n) is 2.85. The van der Waals surface area contributed by atoms with Crippen LogP contribution in [0.5, 0.6) is 5.75 Å². The minimum absolute atomic E-state index is 0.878. The molecule has 0 atom stereocenters. The fraction of sp³-hybridized carbons (Fsp3) is 0.0667. The van der Waals surface area contributed by atoms with Crippen LogP contribution in [0.2, 0.25) is 0 Å². The van der Waals surface area contributed by atoms with Crippen molar-refractivity contribution < 1.29 is 9.15 Å². The van der Waals surface area contributed by atoms with E-state index in [1.807, 2.05) is 24.3 Å². The second-order valence-electron chi connectivity index (χ2n) is 3.91. The number of furan rings is 1. The lowest BCUT2D eigenvalue weighted by Gasteiger charge is -2.04. The van der Waals surface area contributed by atoms with Gasteiger partial charge in [0.15, 0.2) is 0 Å². The van der Waals surface area contributed by atoms with Crippen LogP contribution in [0, 0.1) is 0 Å². The van der Waals surface area contributed by atoms with Crippen molar-refractivity contribution in [2.24, 2.45) is 0 Å². The maximum Gasteiger partial charge on any atom is 0.133 e. The van der Waals surface area contributed by atoms with E-state index in [-0.39, 0.29) is 0 Å². The lowest BCUT2D eigenvalue weighted by Crippen LogP contribution is -1.82. The Kier molecular flexibility index (Phi) is 2.33. The van der Waals surface area contributed by atoms with E-state index in [0.717, 1.165) is 17.1 Å². The van der Waals surface area contributed by atoms with Crippen LogP contribution in [-0.4, -0.2) is 7.11 Å². The van der Waals surface area contributed by atoms with Crippen molar-refractivity contribution in [2.75, 3.05) is 7.11 Å². The monoisotopic (exact) mass is 224 g/mol. The maximum atomic E-state index is 5.39. The van der Waals surface area contributed by atoms with Crippen LogP contribution in [0.1, 0.15) is 0 Å². The zero-order valence-electron chi connectivity index (χ0n) is 9.51. The minimum atomic E-state index is 0.878. The molecule has 0 fully saturated rings. The lowest BCUT2D eigenvalue weighted by atomic mass is 10.1. The molecule has 0 aliphatic heterocycles. The largest absolute Gasteiger partial charge is 0.497 e. The van der Waals surface area contributed by atoms with Crippen LogP contribution in [0.4, 0.5) is 0 Å². The molecule has 0 saturated heterocycles. The number of fused-ring (bicyclic) bond motifs is 1. The summed E-state index contributed by atoms with van der Waals surface area (Å²) in [5, 5.41) is 2.35. The summed E-state index contributed by atoms with van der Waals surface area (Å²) in [7, 11) is 1.68. The van der Waals surface area contributed by atoms with Crippen molar-refractivity contribution in [2.45, 2.75) is 0 Å². The average molecular weight is 224 g/mol. The number of rotatable bonds is 2. The van der Waals surface area contributed by atoms with E-state index in [4.69, 9.17) is 9.15 Å². The van der Waals surface area contributed by atoms with Gasteiger partial charge in [-0.1, -0.05) is 18.2 Å². The summed E-state index contributed by atoms with van der Waals surface area (Å²) in [6, 6.07) is 16.2. The molecule has 1 heterocycles. The zero-order valence-corrected chi connectivity index (χ0v) is 9.51. The van der Waals surface area contributed by atoms with Gasteiger partial charge in [0.2, 0.25) is 0 Å². The van der Waals surface area contributed by atoms with Crippen LogP contribution in [-0.2, 0) is 0 Å². The Hall–Kier alpha value is -2.22.